The molecule has 0 saturated heterocycles. The Morgan fingerprint density at radius 1 is 1.36 bits per heavy atom. The summed E-state index contributed by atoms with van der Waals surface area (Å²) >= 11 is 0. The zero-order valence-electron chi connectivity index (χ0n) is 7.13. The summed E-state index contributed by atoms with van der Waals surface area (Å²) in [6.45, 7) is 5.26. The van der Waals surface area contributed by atoms with E-state index in [4.69, 9.17) is 9.47 Å². The largest absolute Gasteiger partial charge is 0.463 e. The zero-order valence-corrected chi connectivity index (χ0v) is 7.13. The Hall–Kier alpha value is -0.570. The van der Waals surface area contributed by atoms with E-state index in [-0.39, 0.29) is 5.97 Å². The van der Waals surface area contributed by atoms with E-state index in [1.807, 2.05) is 6.92 Å². The van der Waals surface area contributed by atoms with Crippen molar-refractivity contribution in [1.82, 2.24) is 0 Å². The van der Waals surface area contributed by atoms with Crippen LogP contribution in [0.3, 0.4) is 0 Å². The molecule has 0 N–H and O–H groups in total. The van der Waals surface area contributed by atoms with E-state index in [0.717, 1.165) is 13.0 Å². The molecule has 0 aliphatic heterocycles. The van der Waals surface area contributed by atoms with Crippen molar-refractivity contribution < 1.29 is 14.3 Å². The molecule has 0 aromatic carbocycles. The molecule has 0 rings (SSSR count). The van der Waals surface area contributed by atoms with Gasteiger partial charge in [0.1, 0.15) is 6.61 Å². The molecule has 0 saturated carbocycles. The summed E-state index contributed by atoms with van der Waals surface area (Å²) in [5, 5.41) is 0. The summed E-state index contributed by atoms with van der Waals surface area (Å²) in [5.41, 5.74) is 0. The van der Waals surface area contributed by atoms with Gasteiger partial charge in [0.2, 0.25) is 0 Å². The fraction of sp³-hybridized carbons (Fsp3) is 0.750. The van der Waals surface area contributed by atoms with Crippen LogP contribution in [0, 0.1) is 6.42 Å². The van der Waals surface area contributed by atoms with Gasteiger partial charge in [0, 0.05) is 6.61 Å². The Kier molecular flexibility index (Phi) is 7.15. The minimum Gasteiger partial charge on any atom is -0.463 e. The van der Waals surface area contributed by atoms with Gasteiger partial charge in [-0.15, -0.1) is 0 Å². The molecule has 0 spiro atoms. The second kappa shape index (κ2) is 7.54. The molecule has 3 heteroatoms. The van der Waals surface area contributed by atoms with Crippen LogP contribution in [0.1, 0.15) is 20.3 Å². The number of esters is 1. The molecule has 1 radical (unpaired) electrons. The minimum atomic E-state index is -0.287. The van der Waals surface area contributed by atoms with E-state index >= 15 is 0 Å². The molecule has 0 bridgehead atoms. The highest BCUT2D eigenvalue weighted by molar-refractivity contribution is 5.78. The third-order valence-corrected chi connectivity index (χ3v) is 1.06. The molecule has 11 heavy (non-hydrogen) atoms. The van der Waals surface area contributed by atoms with Gasteiger partial charge in [-0.1, -0.05) is 13.8 Å². The van der Waals surface area contributed by atoms with Crippen LogP contribution in [-0.4, -0.2) is 25.8 Å². The Balaban J connectivity index is 2.95. The molecule has 0 aromatic rings. The maximum Gasteiger partial charge on any atom is 0.309 e. The van der Waals surface area contributed by atoms with E-state index in [9.17, 15) is 4.79 Å². The maximum absolute atomic E-state index is 10.5. The number of carbonyl (C=O) groups is 1. The molecule has 0 heterocycles. The first-order chi connectivity index (χ1) is 5.31. The summed E-state index contributed by atoms with van der Waals surface area (Å²) in [6, 6.07) is 0. The lowest BCUT2D eigenvalue weighted by molar-refractivity contribution is -0.140. The second-order valence-corrected chi connectivity index (χ2v) is 2.07. The number of rotatable bonds is 6. The lowest BCUT2D eigenvalue weighted by atomic mass is 10.5. The molecular formula is C8H15O3. The van der Waals surface area contributed by atoms with Crippen molar-refractivity contribution in [3.63, 3.8) is 0 Å². The highest BCUT2D eigenvalue weighted by atomic mass is 16.6. The molecule has 0 aromatic heterocycles. The van der Waals surface area contributed by atoms with Crippen molar-refractivity contribution in [2.75, 3.05) is 19.8 Å². The maximum atomic E-state index is 10.5. The fourth-order valence-corrected chi connectivity index (χ4v) is 0.531. The van der Waals surface area contributed by atoms with Crippen molar-refractivity contribution in [2.24, 2.45) is 0 Å². The molecule has 0 fully saturated rings. The van der Waals surface area contributed by atoms with Crippen LogP contribution in [0.25, 0.3) is 0 Å². The molecule has 0 amide bonds. The van der Waals surface area contributed by atoms with Crippen molar-refractivity contribution in [3.05, 3.63) is 6.42 Å². The summed E-state index contributed by atoms with van der Waals surface area (Å²) < 4.78 is 9.80. The average molecular weight is 159 g/mol. The summed E-state index contributed by atoms with van der Waals surface area (Å²) in [7, 11) is 0. The SMILES string of the molecule is C[CH]C(=O)OCCOCCC. The van der Waals surface area contributed by atoms with Gasteiger partial charge in [-0.2, -0.15) is 0 Å². The van der Waals surface area contributed by atoms with Crippen molar-refractivity contribution in [3.8, 4) is 0 Å². The van der Waals surface area contributed by atoms with Gasteiger partial charge in [-0.3, -0.25) is 4.79 Å². The second-order valence-electron chi connectivity index (χ2n) is 2.07. The molecule has 0 aliphatic rings. The summed E-state index contributed by atoms with van der Waals surface area (Å²) in [6.07, 6.45) is 2.38. The number of hydrogen-bond donors (Lipinski definition) is 0. The smallest absolute Gasteiger partial charge is 0.309 e. The van der Waals surface area contributed by atoms with E-state index in [1.165, 1.54) is 6.42 Å². The molecule has 0 unspecified atom stereocenters. The standard InChI is InChI=1S/C8H15O3/c1-3-5-10-6-7-11-8(9)4-2/h4H,3,5-7H2,1-2H3. The molecule has 0 atom stereocenters. The predicted molar refractivity (Wildman–Crippen MR) is 42.0 cm³/mol. The first-order valence-electron chi connectivity index (χ1n) is 3.85. The Morgan fingerprint density at radius 3 is 2.64 bits per heavy atom. The molecular weight excluding hydrogens is 144 g/mol. The third-order valence-electron chi connectivity index (χ3n) is 1.06. The van der Waals surface area contributed by atoms with Crippen LogP contribution >= 0.6 is 0 Å². The summed E-state index contributed by atoms with van der Waals surface area (Å²) in [4.78, 5) is 10.5. The van der Waals surface area contributed by atoms with Gasteiger partial charge < -0.3 is 9.47 Å². The normalized spacial score (nSPS) is 9.64. The quantitative estimate of drug-likeness (QED) is 0.431. The van der Waals surface area contributed by atoms with Crippen LogP contribution in [0.2, 0.25) is 0 Å². The number of hydrogen-bond acceptors (Lipinski definition) is 3. The van der Waals surface area contributed by atoms with Crippen LogP contribution in [0.5, 0.6) is 0 Å². The monoisotopic (exact) mass is 159 g/mol. The summed E-state index contributed by atoms with van der Waals surface area (Å²) in [5.74, 6) is -0.287. The van der Waals surface area contributed by atoms with E-state index in [1.54, 1.807) is 6.92 Å². The Morgan fingerprint density at radius 2 is 2.09 bits per heavy atom. The average Bonchev–Trinajstić information content (AvgIpc) is 2.04. The van der Waals surface area contributed by atoms with Crippen molar-refractivity contribution >= 4 is 5.97 Å². The minimum absolute atomic E-state index is 0.287. The van der Waals surface area contributed by atoms with Crippen LogP contribution in [-0.2, 0) is 14.3 Å². The van der Waals surface area contributed by atoms with Crippen molar-refractivity contribution in [2.45, 2.75) is 20.3 Å². The van der Waals surface area contributed by atoms with Crippen LogP contribution in [0.4, 0.5) is 0 Å². The molecule has 65 valence electrons. The van der Waals surface area contributed by atoms with Gasteiger partial charge >= 0.3 is 5.97 Å². The van der Waals surface area contributed by atoms with Crippen LogP contribution in [0.15, 0.2) is 0 Å². The topological polar surface area (TPSA) is 35.5 Å². The van der Waals surface area contributed by atoms with Gasteiger partial charge in [0.25, 0.3) is 0 Å². The van der Waals surface area contributed by atoms with Gasteiger partial charge in [-0.25, -0.2) is 0 Å². The first-order valence-corrected chi connectivity index (χ1v) is 3.85. The zero-order chi connectivity index (χ0) is 8.53. The van der Waals surface area contributed by atoms with Crippen molar-refractivity contribution in [1.29, 1.82) is 0 Å². The Bertz CT molecular complexity index is 102. The van der Waals surface area contributed by atoms with Gasteiger partial charge in [0.15, 0.2) is 0 Å². The predicted octanol–water partition coefficient (Wildman–Crippen LogP) is 1.18. The molecule has 0 aliphatic carbocycles. The first kappa shape index (κ1) is 10.4. The molecule has 3 nitrogen and oxygen atoms in total. The van der Waals surface area contributed by atoms with E-state index in [0.29, 0.717) is 13.2 Å². The highest BCUT2D eigenvalue weighted by Crippen LogP contribution is 1.84. The fourth-order valence-electron chi connectivity index (χ4n) is 0.531. The van der Waals surface area contributed by atoms with E-state index < -0.39 is 0 Å². The van der Waals surface area contributed by atoms with Gasteiger partial charge in [0.05, 0.1) is 13.0 Å². The number of carbonyl (C=O) groups excluding carboxylic acids is 1. The highest BCUT2D eigenvalue weighted by Gasteiger charge is 1.96. The van der Waals surface area contributed by atoms with E-state index in [2.05, 4.69) is 0 Å². The van der Waals surface area contributed by atoms with Crippen LogP contribution < -0.4 is 0 Å². The Labute approximate surface area is 67.7 Å². The van der Waals surface area contributed by atoms with Gasteiger partial charge in [-0.05, 0) is 6.42 Å². The lowest BCUT2D eigenvalue weighted by Crippen LogP contribution is -2.09. The lowest BCUT2D eigenvalue weighted by Gasteiger charge is -2.02. The number of ether oxygens (including phenoxy) is 2. The third kappa shape index (κ3) is 7.33.